The lowest BCUT2D eigenvalue weighted by atomic mass is 10.1. The van der Waals surface area contributed by atoms with Crippen molar-refractivity contribution in [3.05, 3.63) is 56.9 Å². The molecule has 11 heteroatoms. The highest BCUT2D eigenvalue weighted by molar-refractivity contribution is 6.30. The molecule has 5 heterocycles. The first kappa shape index (κ1) is 22.1. The van der Waals surface area contributed by atoms with Crippen molar-refractivity contribution in [3.8, 4) is 11.3 Å². The van der Waals surface area contributed by atoms with Crippen molar-refractivity contribution in [2.24, 2.45) is 7.05 Å². The second-order valence-corrected chi connectivity index (χ2v) is 9.67. The number of nitrogens with zero attached hydrogens (tertiary/aromatic N) is 8. The number of halogens is 2. The standard InChI is InChI=1S/C24H24ClFN8O/c1-13-27-20-19(16-7-6-15(25)11-17(16)26)28-24(29-21(20)23(35)32(13)2)33-10-8-14(12-33)22-31-30-18-5-3-4-9-34(18)22/h6-7,11,14H,3-5,8-10,12H2,1-2H3. The van der Waals surface area contributed by atoms with E-state index in [4.69, 9.17) is 16.6 Å². The number of fused-ring (bicyclic) bond motifs is 2. The summed E-state index contributed by atoms with van der Waals surface area (Å²) in [5.41, 5.74) is 0.649. The fourth-order valence-corrected chi connectivity index (χ4v) is 5.20. The molecule has 1 aromatic carbocycles. The normalized spacial score (nSPS) is 17.8. The van der Waals surface area contributed by atoms with E-state index in [-0.39, 0.29) is 38.8 Å². The predicted molar refractivity (Wildman–Crippen MR) is 130 cm³/mol. The summed E-state index contributed by atoms with van der Waals surface area (Å²) in [7, 11) is 1.65. The molecule has 1 saturated heterocycles. The minimum Gasteiger partial charge on any atom is -0.340 e. The topological polar surface area (TPSA) is 94.6 Å². The van der Waals surface area contributed by atoms with E-state index in [2.05, 4.69) is 24.7 Å². The van der Waals surface area contributed by atoms with Crippen LogP contribution >= 0.6 is 11.6 Å². The van der Waals surface area contributed by atoms with E-state index in [1.807, 2.05) is 4.90 Å². The van der Waals surface area contributed by atoms with E-state index >= 15 is 0 Å². The summed E-state index contributed by atoms with van der Waals surface area (Å²) in [5.74, 6) is 2.58. The predicted octanol–water partition coefficient (Wildman–Crippen LogP) is 3.41. The Morgan fingerprint density at radius 1 is 1.09 bits per heavy atom. The van der Waals surface area contributed by atoms with Gasteiger partial charge in [0.05, 0.1) is 0 Å². The first-order chi connectivity index (χ1) is 16.9. The molecule has 35 heavy (non-hydrogen) atoms. The summed E-state index contributed by atoms with van der Waals surface area (Å²) in [5, 5.41) is 9.18. The van der Waals surface area contributed by atoms with E-state index < -0.39 is 5.82 Å². The monoisotopic (exact) mass is 494 g/mol. The molecular formula is C24H24ClFN8O. The quantitative estimate of drug-likeness (QED) is 0.430. The molecule has 1 unspecified atom stereocenters. The summed E-state index contributed by atoms with van der Waals surface area (Å²) >= 11 is 5.98. The molecule has 0 spiro atoms. The molecule has 1 atom stereocenters. The van der Waals surface area contributed by atoms with Gasteiger partial charge >= 0.3 is 0 Å². The van der Waals surface area contributed by atoms with Gasteiger partial charge in [-0.25, -0.2) is 19.3 Å². The fourth-order valence-electron chi connectivity index (χ4n) is 5.04. The lowest BCUT2D eigenvalue weighted by Crippen LogP contribution is -2.26. The molecule has 9 nitrogen and oxygen atoms in total. The molecule has 4 aromatic rings. The number of anilines is 1. The molecule has 0 saturated carbocycles. The molecule has 6 rings (SSSR count). The van der Waals surface area contributed by atoms with Crippen molar-refractivity contribution >= 4 is 28.6 Å². The number of aryl methyl sites for hydroxylation is 2. The first-order valence-electron chi connectivity index (χ1n) is 11.8. The third-order valence-corrected chi connectivity index (χ3v) is 7.28. The third kappa shape index (κ3) is 3.67. The van der Waals surface area contributed by atoms with Crippen LogP contribution in [0.3, 0.4) is 0 Å². The molecule has 2 aliphatic rings. The summed E-state index contributed by atoms with van der Waals surface area (Å²) in [6.07, 6.45) is 4.11. The Labute approximate surface area is 205 Å². The maximum Gasteiger partial charge on any atom is 0.279 e. The van der Waals surface area contributed by atoms with Crippen LogP contribution in [0.25, 0.3) is 22.3 Å². The highest BCUT2D eigenvalue weighted by Crippen LogP contribution is 2.33. The summed E-state index contributed by atoms with van der Waals surface area (Å²) < 4.78 is 18.7. The lowest BCUT2D eigenvalue weighted by Gasteiger charge is -2.20. The van der Waals surface area contributed by atoms with Gasteiger partial charge in [-0.15, -0.1) is 10.2 Å². The van der Waals surface area contributed by atoms with Crippen molar-refractivity contribution in [2.75, 3.05) is 18.0 Å². The van der Waals surface area contributed by atoms with Crippen molar-refractivity contribution in [1.29, 1.82) is 0 Å². The Morgan fingerprint density at radius 3 is 2.77 bits per heavy atom. The van der Waals surface area contributed by atoms with Gasteiger partial charge in [0.2, 0.25) is 5.95 Å². The molecule has 0 N–H and O–H groups in total. The molecule has 0 aliphatic carbocycles. The number of aromatic nitrogens is 7. The van der Waals surface area contributed by atoms with Gasteiger partial charge in [-0.1, -0.05) is 11.6 Å². The number of rotatable bonds is 3. The van der Waals surface area contributed by atoms with E-state index in [9.17, 15) is 9.18 Å². The van der Waals surface area contributed by atoms with E-state index in [1.165, 1.54) is 10.6 Å². The Kier molecular flexibility index (Phi) is 5.28. The van der Waals surface area contributed by atoms with Crippen LogP contribution in [0.2, 0.25) is 5.02 Å². The maximum atomic E-state index is 15.0. The summed E-state index contributed by atoms with van der Waals surface area (Å²) in [6, 6.07) is 4.40. The van der Waals surface area contributed by atoms with Gasteiger partial charge in [-0.3, -0.25) is 9.36 Å². The second kappa shape index (κ2) is 8.37. The highest BCUT2D eigenvalue weighted by atomic mass is 35.5. The molecule has 1 fully saturated rings. The molecule has 0 amide bonds. The fraction of sp³-hybridized carbons (Fsp3) is 0.417. The second-order valence-electron chi connectivity index (χ2n) is 9.23. The van der Waals surface area contributed by atoms with Crippen molar-refractivity contribution in [1.82, 2.24) is 34.3 Å². The van der Waals surface area contributed by atoms with Crippen LogP contribution in [-0.2, 0) is 20.0 Å². The van der Waals surface area contributed by atoms with Crippen LogP contribution in [0, 0.1) is 12.7 Å². The largest absolute Gasteiger partial charge is 0.340 e. The van der Waals surface area contributed by atoms with Gasteiger partial charge in [-0.05, 0) is 44.4 Å². The van der Waals surface area contributed by atoms with Gasteiger partial charge in [0.15, 0.2) is 5.52 Å². The number of hydrogen-bond donors (Lipinski definition) is 0. The van der Waals surface area contributed by atoms with E-state index in [0.29, 0.717) is 24.9 Å². The zero-order valence-corrected chi connectivity index (χ0v) is 20.3. The molecule has 2 aliphatic heterocycles. The number of hydrogen-bond acceptors (Lipinski definition) is 7. The lowest BCUT2D eigenvalue weighted by molar-refractivity contribution is 0.494. The minimum absolute atomic E-state index is 0.163. The van der Waals surface area contributed by atoms with Gasteiger partial charge in [0.1, 0.15) is 34.5 Å². The first-order valence-corrected chi connectivity index (χ1v) is 12.2. The molecule has 180 valence electrons. The van der Waals surface area contributed by atoms with E-state index in [0.717, 1.165) is 43.9 Å². The molecular weight excluding hydrogens is 471 g/mol. The van der Waals surface area contributed by atoms with Gasteiger partial charge in [0.25, 0.3) is 5.56 Å². The van der Waals surface area contributed by atoms with Crippen LogP contribution in [0.1, 0.15) is 42.7 Å². The van der Waals surface area contributed by atoms with E-state index in [1.54, 1.807) is 26.1 Å². The van der Waals surface area contributed by atoms with Gasteiger partial charge < -0.3 is 9.47 Å². The Balaban J connectivity index is 1.45. The molecule has 0 bridgehead atoms. The third-order valence-electron chi connectivity index (χ3n) is 7.05. The number of benzene rings is 1. The average Bonchev–Trinajstić information content (AvgIpc) is 3.50. The highest BCUT2D eigenvalue weighted by Gasteiger charge is 2.32. The van der Waals surface area contributed by atoms with Crippen LogP contribution < -0.4 is 10.5 Å². The summed E-state index contributed by atoms with van der Waals surface area (Å²) in [6.45, 7) is 4.01. The SMILES string of the molecule is Cc1nc2c(-c3ccc(Cl)cc3F)nc(N3CCC(c4nnc5n4CCCC5)C3)nc2c(=O)n1C. The average molecular weight is 495 g/mol. The van der Waals surface area contributed by atoms with Gasteiger partial charge in [0, 0.05) is 49.6 Å². The molecule has 0 radical (unpaired) electrons. The maximum absolute atomic E-state index is 15.0. The smallest absolute Gasteiger partial charge is 0.279 e. The van der Waals surface area contributed by atoms with Crippen molar-refractivity contribution in [2.45, 2.75) is 45.1 Å². The van der Waals surface area contributed by atoms with Gasteiger partial charge in [-0.2, -0.15) is 0 Å². The Morgan fingerprint density at radius 2 is 1.94 bits per heavy atom. The molecule has 3 aromatic heterocycles. The van der Waals surface area contributed by atoms with Crippen molar-refractivity contribution < 1.29 is 4.39 Å². The zero-order chi connectivity index (χ0) is 24.3. The van der Waals surface area contributed by atoms with Crippen LogP contribution in [-0.4, -0.2) is 47.4 Å². The Hall–Kier alpha value is -3.40. The summed E-state index contributed by atoms with van der Waals surface area (Å²) in [4.78, 5) is 29.1. The minimum atomic E-state index is -0.530. The Bertz CT molecular complexity index is 1530. The van der Waals surface area contributed by atoms with Crippen molar-refractivity contribution in [3.63, 3.8) is 0 Å². The van der Waals surface area contributed by atoms with Crippen LogP contribution in [0.15, 0.2) is 23.0 Å². The zero-order valence-electron chi connectivity index (χ0n) is 19.5. The van der Waals surface area contributed by atoms with Crippen LogP contribution in [0.4, 0.5) is 10.3 Å². The van der Waals surface area contributed by atoms with Crippen LogP contribution in [0.5, 0.6) is 0 Å².